The summed E-state index contributed by atoms with van der Waals surface area (Å²) in [5.41, 5.74) is 2.25. The van der Waals surface area contributed by atoms with E-state index in [1.807, 2.05) is 41.3 Å². The second-order valence-corrected chi connectivity index (χ2v) is 6.35. The van der Waals surface area contributed by atoms with E-state index in [9.17, 15) is 4.79 Å². The lowest BCUT2D eigenvalue weighted by Gasteiger charge is -2.34. The first kappa shape index (κ1) is 16.6. The molecule has 26 heavy (non-hydrogen) atoms. The molecule has 1 unspecified atom stereocenters. The van der Waals surface area contributed by atoms with Gasteiger partial charge in [0.2, 0.25) is 6.10 Å². The number of fused-ring (bicyclic) bond motifs is 2. The molecule has 1 amide bonds. The SMILES string of the molecule is COc1cc2c(cc1OC)CN(C(=O)C1COc3ccccc3O1)CC2. The number of benzene rings is 2. The van der Waals surface area contributed by atoms with Crippen LogP contribution in [0.3, 0.4) is 0 Å². The Morgan fingerprint density at radius 3 is 2.50 bits per heavy atom. The second kappa shape index (κ2) is 6.78. The summed E-state index contributed by atoms with van der Waals surface area (Å²) in [6, 6.07) is 11.3. The third kappa shape index (κ3) is 2.92. The van der Waals surface area contributed by atoms with Crippen molar-refractivity contribution in [3.63, 3.8) is 0 Å². The molecule has 0 N–H and O–H groups in total. The van der Waals surface area contributed by atoms with E-state index >= 15 is 0 Å². The van der Waals surface area contributed by atoms with Crippen LogP contribution in [-0.4, -0.2) is 44.3 Å². The lowest BCUT2D eigenvalue weighted by Crippen LogP contribution is -2.48. The van der Waals surface area contributed by atoms with Crippen LogP contribution >= 0.6 is 0 Å². The van der Waals surface area contributed by atoms with Gasteiger partial charge in [0.1, 0.15) is 6.61 Å². The maximum absolute atomic E-state index is 12.9. The van der Waals surface area contributed by atoms with Crippen molar-refractivity contribution in [3.8, 4) is 23.0 Å². The van der Waals surface area contributed by atoms with Crippen LogP contribution in [0.1, 0.15) is 11.1 Å². The molecule has 2 aliphatic rings. The largest absolute Gasteiger partial charge is 0.493 e. The van der Waals surface area contributed by atoms with Gasteiger partial charge in [0.25, 0.3) is 5.91 Å². The van der Waals surface area contributed by atoms with E-state index in [1.54, 1.807) is 14.2 Å². The van der Waals surface area contributed by atoms with E-state index in [0.29, 0.717) is 36.1 Å². The van der Waals surface area contributed by atoms with Gasteiger partial charge in [-0.05, 0) is 41.8 Å². The number of ether oxygens (including phenoxy) is 4. The maximum Gasteiger partial charge on any atom is 0.267 e. The number of rotatable bonds is 3. The van der Waals surface area contributed by atoms with Crippen LogP contribution in [0, 0.1) is 0 Å². The summed E-state index contributed by atoms with van der Waals surface area (Å²) in [4.78, 5) is 14.7. The van der Waals surface area contributed by atoms with Gasteiger partial charge in [0.15, 0.2) is 23.0 Å². The summed E-state index contributed by atoms with van der Waals surface area (Å²) < 4.78 is 22.3. The van der Waals surface area contributed by atoms with Crippen LogP contribution in [0.5, 0.6) is 23.0 Å². The zero-order chi connectivity index (χ0) is 18.1. The number of amides is 1. The van der Waals surface area contributed by atoms with Crippen molar-refractivity contribution in [2.24, 2.45) is 0 Å². The van der Waals surface area contributed by atoms with Crippen molar-refractivity contribution in [1.29, 1.82) is 0 Å². The molecule has 0 aliphatic carbocycles. The van der Waals surface area contributed by atoms with Gasteiger partial charge in [-0.1, -0.05) is 12.1 Å². The Morgan fingerprint density at radius 1 is 1.08 bits per heavy atom. The predicted octanol–water partition coefficient (Wildman–Crippen LogP) is 2.43. The highest BCUT2D eigenvalue weighted by molar-refractivity contribution is 5.82. The summed E-state index contributed by atoms with van der Waals surface area (Å²) in [5.74, 6) is 2.62. The van der Waals surface area contributed by atoms with Gasteiger partial charge < -0.3 is 23.8 Å². The summed E-state index contributed by atoms with van der Waals surface area (Å²) in [6.07, 6.45) is 0.151. The first-order valence-corrected chi connectivity index (χ1v) is 8.60. The van der Waals surface area contributed by atoms with Gasteiger partial charge in [-0.3, -0.25) is 4.79 Å². The molecule has 6 nitrogen and oxygen atoms in total. The smallest absolute Gasteiger partial charge is 0.267 e. The Hall–Kier alpha value is -2.89. The predicted molar refractivity (Wildman–Crippen MR) is 95.0 cm³/mol. The van der Waals surface area contributed by atoms with E-state index in [2.05, 4.69) is 0 Å². The monoisotopic (exact) mass is 355 g/mol. The minimum Gasteiger partial charge on any atom is -0.493 e. The highest BCUT2D eigenvalue weighted by atomic mass is 16.6. The molecule has 1 atom stereocenters. The fourth-order valence-electron chi connectivity index (χ4n) is 3.42. The molecule has 136 valence electrons. The molecular formula is C20H21NO5. The molecule has 0 aromatic heterocycles. The minimum absolute atomic E-state index is 0.0556. The molecule has 2 aromatic carbocycles. The van der Waals surface area contributed by atoms with Crippen molar-refractivity contribution in [2.45, 2.75) is 19.1 Å². The Balaban J connectivity index is 1.51. The van der Waals surface area contributed by atoms with Crippen LogP contribution in [0.4, 0.5) is 0 Å². The number of hydrogen-bond acceptors (Lipinski definition) is 5. The molecule has 0 spiro atoms. The van der Waals surface area contributed by atoms with Gasteiger partial charge in [0, 0.05) is 13.1 Å². The molecule has 4 rings (SSSR count). The zero-order valence-electron chi connectivity index (χ0n) is 14.9. The summed E-state index contributed by atoms with van der Waals surface area (Å²) in [6.45, 7) is 1.39. The van der Waals surface area contributed by atoms with Gasteiger partial charge >= 0.3 is 0 Å². The zero-order valence-corrected chi connectivity index (χ0v) is 14.9. The van der Waals surface area contributed by atoms with Crippen molar-refractivity contribution in [3.05, 3.63) is 47.5 Å². The number of nitrogens with zero attached hydrogens (tertiary/aromatic N) is 1. The van der Waals surface area contributed by atoms with Gasteiger partial charge in [0.05, 0.1) is 14.2 Å². The Morgan fingerprint density at radius 2 is 1.77 bits per heavy atom. The second-order valence-electron chi connectivity index (χ2n) is 6.35. The van der Waals surface area contributed by atoms with Crippen molar-refractivity contribution < 1.29 is 23.7 Å². The highest BCUT2D eigenvalue weighted by Crippen LogP contribution is 2.34. The van der Waals surface area contributed by atoms with Crippen molar-refractivity contribution >= 4 is 5.91 Å². The van der Waals surface area contributed by atoms with Crippen LogP contribution in [0.15, 0.2) is 36.4 Å². The Kier molecular flexibility index (Phi) is 4.32. The van der Waals surface area contributed by atoms with Crippen molar-refractivity contribution in [2.75, 3.05) is 27.4 Å². The third-order valence-corrected chi connectivity index (χ3v) is 4.81. The number of carbonyl (C=O) groups is 1. The van der Waals surface area contributed by atoms with Crippen LogP contribution in [-0.2, 0) is 17.8 Å². The van der Waals surface area contributed by atoms with Crippen LogP contribution < -0.4 is 18.9 Å². The first-order chi connectivity index (χ1) is 12.7. The first-order valence-electron chi connectivity index (χ1n) is 8.60. The van der Waals surface area contributed by atoms with Gasteiger partial charge in [-0.2, -0.15) is 0 Å². The standard InChI is InChI=1S/C20H21NO5/c1-23-17-9-13-7-8-21(11-14(13)10-18(17)24-2)20(22)19-12-25-15-5-3-4-6-16(15)26-19/h3-6,9-10,19H,7-8,11-12H2,1-2H3. The fourth-order valence-corrected chi connectivity index (χ4v) is 3.42. The van der Waals surface area contributed by atoms with Gasteiger partial charge in [-0.15, -0.1) is 0 Å². The van der Waals surface area contributed by atoms with E-state index in [4.69, 9.17) is 18.9 Å². The van der Waals surface area contributed by atoms with E-state index in [-0.39, 0.29) is 12.5 Å². The lowest BCUT2D eigenvalue weighted by molar-refractivity contribution is -0.142. The Labute approximate surface area is 152 Å². The fraction of sp³-hybridized carbons (Fsp3) is 0.350. The summed E-state index contributed by atoms with van der Waals surface area (Å²) in [7, 11) is 3.24. The Bertz CT molecular complexity index is 835. The van der Waals surface area contributed by atoms with Crippen molar-refractivity contribution in [1.82, 2.24) is 4.90 Å². The number of hydrogen-bond donors (Lipinski definition) is 0. The highest BCUT2D eigenvalue weighted by Gasteiger charge is 2.33. The quantitative estimate of drug-likeness (QED) is 0.846. The third-order valence-electron chi connectivity index (χ3n) is 4.81. The molecule has 0 saturated heterocycles. The van der Waals surface area contributed by atoms with Gasteiger partial charge in [-0.25, -0.2) is 0 Å². The number of methoxy groups -OCH3 is 2. The molecule has 0 fully saturated rings. The van der Waals surface area contributed by atoms with E-state index < -0.39 is 6.10 Å². The maximum atomic E-state index is 12.9. The molecule has 2 aliphatic heterocycles. The molecular weight excluding hydrogens is 334 g/mol. The van der Waals surface area contributed by atoms with E-state index in [1.165, 1.54) is 5.56 Å². The topological polar surface area (TPSA) is 57.2 Å². The number of para-hydroxylation sites is 2. The lowest BCUT2D eigenvalue weighted by atomic mass is 9.98. The van der Waals surface area contributed by atoms with E-state index in [0.717, 1.165) is 12.0 Å². The normalized spacial score (nSPS) is 18.1. The van der Waals surface area contributed by atoms with Crippen LogP contribution in [0.25, 0.3) is 0 Å². The minimum atomic E-state index is -0.619. The average molecular weight is 355 g/mol. The summed E-state index contributed by atoms with van der Waals surface area (Å²) >= 11 is 0. The van der Waals surface area contributed by atoms with Crippen LogP contribution in [0.2, 0.25) is 0 Å². The molecule has 2 aromatic rings. The molecule has 6 heteroatoms. The average Bonchev–Trinajstić information content (AvgIpc) is 2.71. The molecule has 0 bridgehead atoms. The molecule has 2 heterocycles. The number of carbonyl (C=O) groups excluding carboxylic acids is 1. The molecule has 0 saturated carbocycles. The summed E-state index contributed by atoms with van der Waals surface area (Å²) in [5, 5.41) is 0. The molecule has 0 radical (unpaired) electrons.